The molecule has 3 fully saturated rings. The molecule has 6 rings (SSSR count). The van der Waals surface area contributed by atoms with Crippen LogP contribution in [0.3, 0.4) is 0 Å². The molecule has 8 heteroatoms. The second kappa shape index (κ2) is 3.72. The quantitative estimate of drug-likeness (QED) is 0.609. The zero-order valence-electron chi connectivity index (χ0n) is 12.1. The van der Waals surface area contributed by atoms with E-state index in [0.29, 0.717) is 28.8 Å². The maximum absolute atomic E-state index is 12.7. The number of carbonyl (C=O) groups excluding carboxylic acids is 3. The topological polar surface area (TPSA) is 115 Å². The van der Waals surface area contributed by atoms with Crippen LogP contribution in [0.1, 0.15) is 16.8 Å². The monoisotopic (exact) mass is 329 g/mol. The number of nitrogens with one attached hydrogen (secondary N) is 1. The number of benzene rings is 1. The van der Waals surface area contributed by atoms with Crippen molar-refractivity contribution in [2.75, 3.05) is 5.32 Å². The van der Waals surface area contributed by atoms with Crippen LogP contribution in [0.2, 0.25) is 0 Å². The number of aliphatic hydroxyl groups excluding tert-OH is 1. The predicted octanol–water partition coefficient (Wildman–Crippen LogP) is 0.510. The number of furan rings is 2. The third kappa shape index (κ3) is 1.22. The highest BCUT2D eigenvalue weighted by molar-refractivity contribution is 6.23. The van der Waals surface area contributed by atoms with E-state index in [-0.39, 0.29) is 23.5 Å². The summed E-state index contributed by atoms with van der Waals surface area (Å²) >= 11 is 0. The normalized spacial score (nSPS) is 38.2. The van der Waals surface area contributed by atoms with Crippen molar-refractivity contribution in [3.05, 3.63) is 11.6 Å². The molecule has 4 bridgehead atoms. The maximum Gasteiger partial charge on any atom is 0.315 e. The fourth-order valence-corrected chi connectivity index (χ4v) is 4.99. The van der Waals surface area contributed by atoms with E-state index >= 15 is 0 Å². The summed E-state index contributed by atoms with van der Waals surface area (Å²) in [5.41, 5.74) is 1.48. The lowest BCUT2D eigenvalue weighted by atomic mass is 9.78. The van der Waals surface area contributed by atoms with Gasteiger partial charge in [0.25, 0.3) is 5.91 Å². The summed E-state index contributed by atoms with van der Waals surface area (Å²) in [7, 11) is 0. The van der Waals surface area contributed by atoms with Crippen molar-refractivity contribution in [2.24, 2.45) is 23.7 Å². The maximum atomic E-state index is 12.7. The van der Waals surface area contributed by atoms with Crippen LogP contribution < -0.4 is 10.1 Å². The van der Waals surface area contributed by atoms with Gasteiger partial charge in [0.1, 0.15) is 11.8 Å². The summed E-state index contributed by atoms with van der Waals surface area (Å²) in [6.45, 7) is 0. The second-order valence-corrected chi connectivity index (χ2v) is 6.94. The molecule has 0 radical (unpaired) electrons. The van der Waals surface area contributed by atoms with Gasteiger partial charge in [-0.15, -0.1) is 0 Å². The zero-order valence-corrected chi connectivity index (χ0v) is 12.1. The van der Waals surface area contributed by atoms with Crippen LogP contribution in [0.5, 0.6) is 5.75 Å². The lowest BCUT2D eigenvalue weighted by molar-refractivity contribution is -0.149. The Bertz CT molecular complexity index is 946. The molecule has 0 spiro atoms. The van der Waals surface area contributed by atoms with E-state index in [0.717, 1.165) is 0 Å². The van der Waals surface area contributed by atoms with Crippen molar-refractivity contribution in [3.8, 4) is 5.75 Å². The summed E-state index contributed by atoms with van der Waals surface area (Å²) < 4.78 is 16.1. The van der Waals surface area contributed by atoms with Crippen molar-refractivity contribution in [1.82, 2.24) is 0 Å². The van der Waals surface area contributed by atoms with Crippen molar-refractivity contribution in [1.29, 1.82) is 0 Å². The molecule has 2 aliphatic carbocycles. The van der Waals surface area contributed by atoms with Gasteiger partial charge in [0, 0.05) is 17.9 Å². The van der Waals surface area contributed by atoms with E-state index in [9.17, 15) is 19.5 Å². The molecule has 2 N–H and O–H groups in total. The molecule has 0 aromatic carbocycles. The van der Waals surface area contributed by atoms with Crippen molar-refractivity contribution in [3.63, 3.8) is 0 Å². The standard InChI is InChI=1S/C16H11NO7/c18-10-3-1-4-8(16(21)23-12(4)10)7(3)15(20)24-13-6-2-5-11(22-6)9(13)17-14(5)19/h2-4,7-8,10,12,18H,1H2,(H,17,19). The van der Waals surface area contributed by atoms with Crippen LogP contribution in [0.15, 0.2) is 10.5 Å². The van der Waals surface area contributed by atoms with E-state index in [2.05, 4.69) is 5.32 Å². The first-order valence-corrected chi connectivity index (χ1v) is 7.85. The minimum absolute atomic E-state index is 0.122. The molecule has 8 nitrogen and oxygen atoms in total. The average molecular weight is 329 g/mol. The molecule has 2 aromatic rings. The zero-order chi connectivity index (χ0) is 16.3. The number of fused-ring (bicyclic) bond motifs is 2. The molecule has 1 amide bonds. The Labute approximate surface area is 134 Å². The highest BCUT2D eigenvalue weighted by Crippen LogP contribution is 2.58. The smallest absolute Gasteiger partial charge is 0.315 e. The summed E-state index contributed by atoms with van der Waals surface area (Å²) in [5, 5.41) is 12.9. The molecule has 2 saturated carbocycles. The van der Waals surface area contributed by atoms with Crippen molar-refractivity contribution >= 4 is 34.7 Å². The molecule has 2 aromatic heterocycles. The Morgan fingerprint density at radius 2 is 2.17 bits per heavy atom. The first-order valence-electron chi connectivity index (χ1n) is 7.85. The Kier molecular flexibility index (Phi) is 1.98. The Hall–Kier alpha value is -2.61. The van der Waals surface area contributed by atoms with Gasteiger partial charge in [-0.1, -0.05) is 0 Å². The van der Waals surface area contributed by atoms with E-state index in [1.165, 1.54) is 6.07 Å². The van der Waals surface area contributed by atoms with E-state index in [1.54, 1.807) is 0 Å². The number of hydrogen-bond donors (Lipinski definition) is 2. The van der Waals surface area contributed by atoms with Gasteiger partial charge in [0.15, 0.2) is 11.2 Å². The van der Waals surface area contributed by atoms with E-state index in [4.69, 9.17) is 13.9 Å². The van der Waals surface area contributed by atoms with Gasteiger partial charge in [0.2, 0.25) is 5.75 Å². The van der Waals surface area contributed by atoms with Crippen molar-refractivity contribution < 1.29 is 33.4 Å². The largest absolute Gasteiger partial charge is 0.459 e. The van der Waals surface area contributed by atoms with Gasteiger partial charge >= 0.3 is 11.9 Å². The number of esters is 2. The van der Waals surface area contributed by atoms with Crippen LogP contribution in [-0.2, 0) is 14.3 Å². The van der Waals surface area contributed by atoms with E-state index < -0.39 is 36.0 Å². The summed E-state index contributed by atoms with van der Waals surface area (Å²) in [4.78, 5) is 36.5. The SMILES string of the molecule is O=C1Nc2c(OC(=O)C3C4CC5C(OC(=O)C53)C4O)c3cc1c2o3. The van der Waals surface area contributed by atoms with Gasteiger partial charge in [0.05, 0.1) is 23.5 Å². The van der Waals surface area contributed by atoms with Gasteiger partial charge in [-0.2, -0.15) is 0 Å². The lowest BCUT2D eigenvalue weighted by Gasteiger charge is -2.26. The molecule has 24 heavy (non-hydrogen) atoms. The molecule has 4 aliphatic rings. The lowest BCUT2D eigenvalue weighted by Crippen LogP contribution is -2.42. The van der Waals surface area contributed by atoms with Crippen LogP contribution in [0.25, 0.3) is 11.2 Å². The number of carbonyl (C=O) groups is 3. The molecule has 1 saturated heterocycles. The third-order valence-electron chi connectivity index (χ3n) is 5.94. The van der Waals surface area contributed by atoms with Crippen LogP contribution in [-0.4, -0.2) is 35.2 Å². The first-order chi connectivity index (χ1) is 11.5. The molecule has 6 unspecified atom stereocenters. The minimum atomic E-state index is -0.830. The summed E-state index contributed by atoms with van der Waals surface area (Å²) in [6, 6.07) is 1.53. The molecule has 4 heterocycles. The molecular weight excluding hydrogens is 318 g/mol. The molecule has 122 valence electrons. The highest BCUT2D eigenvalue weighted by Gasteiger charge is 2.68. The number of ether oxygens (including phenoxy) is 2. The Morgan fingerprint density at radius 3 is 3.00 bits per heavy atom. The van der Waals surface area contributed by atoms with Gasteiger partial charge < -0.3 is 24.3 Å². The summed E-state index contributed by atoms with van der Waals surface area (Å²) in [6.07, 6.45) is -0.739. The predicted molar refractivity (Wildman–Crippen MR) is 75.5 cm³/mol. The Balaban J connectivity index is 1.35. The van der Waals surface area contributed by atoms with Crippen LogP contribution >= 0.6 is 0 Å². The number of amides is 1. The molecule has 6 atom stereocenters. The van der Waals surface area contributed by atoms with Crippen molar-refractivity contribution in [2.45, 2.75) is 18.6 Å². The number of rotatable bonds is 2. The van der Waals surface area contributed by atoms with E-state index in [1.807, 2.05) is 0 Å². The van der Waals surface area contributed by atoms with Crippen LogP contribution in [0.4, 0.5) is 5.69 Å². The highest BCUT2D eigenvalue weighted by atomic mass is 16.6. The Morgan fingerprint density at radius 1 is 1.33 bits per heavy atom. The first kappa shape index (κ1) is 12.8. The second-order valence-electron chi connectivity index (χ2n) is 6.94. The fourth-order valence-electron chi connectivity index (χ4n) is 4.99. The number of hydrogen-bond acceptors (Lipinski definition) is 7. The van der Waals surface area contributed by atoms with Crippen LogP contribution in [0, 0.1) is 23.7 Å². The minimum Gasteiger partial charge on any atom is -0.459 e. The number of aliphatic hydroxyl groups is 1. The third-order valence-corrected chi connectivity index (χ3v) is 5.94. The van der Waals surface area contributed by atoms with Gasteiger partial charge in [-0.3, -0.25) is 14.4 Å². The molecule has 2 aliphatic heterocycles. The fraction of sp³-hybridized carbons (Fsp3) is 0.438. The van der Waals surface area contributed by atoms with Gasteiger partial charge in [-0.25, -0.2) is 0 Å². The number of anilines is 1. The van der Waals surface area contributed by atoms with Gasteiger partial charge in [-0.05, 0) is 6.42 Å². The summed E-state index contributed by atoms with van der Waals surface area (Å²) in [5.74, 6) is -2.89. The average Bonchev–Trinajstić information content (AvgIpc) is 3.30. The molecular formula is C16H11NO7.